The molecule has 0 bridgehead atoms. The Balaban J connectivity index is 2.43. The molecule has 1 aliphatic rings. The number of carbonyl (C=O) groups is 1. The Labute approximate surface area is 78.8 Å². The zero-order valence-corrected chi connectivity index (χ0v) is 8.14. The molecule has 1 rings (SSSR count). The Morgan fingerprint density at radius 2 is 2.15 bits per heavy atom. The van der Waals surface area contributed by atoms with Gasteiger partial charge >= 0.3 is 0 Å². The Morgan fingerprint density at radius 1 is 1.54 bits per heavy atom. The highest BCUT2D eigenvalue weighted by atomic mass is 16.5. The van der Waals surface area contributed by atoms with Crippen LogP contribution in [0, 0.1) is 0 Å². The number of hydrogen-bond acceptors (Lipinski definition) is 3. The smallest absolute Gasteiger partial charge is 0.246 e. The second kappa shape index (κ2) is 4.58. The van der Waals surface area contributed by atoms with Crippen molar-refractivity contribution in [3.8, 4) is 0 Å². The van der Waals surface area contributed by atoms with Gasteiger partial charge in [-0.1, -0.05) is 12.8 Å². The predicted molar refractivity (Wildman–Crippen MR) is 50.3 cm³/mol. The van der Waals surface area contributed by atoms with Crippen LogP contribution >= 0.6 is 0 Å². The largest absolute Gasteiger partial charge is 0.375 e. The average Bonchev–Trinajstić information content (AvgIpc) is 2.54. The molecule has 3 N–H and O–H groups in total. The third-order valence-corrected chi connectivity index (χ3v) is 2.63. The van der Waals surface area contributed by atoms with Crippen LogP contribution in [0.2, 0.25) is 0 Å². The summed E-state index contributed by atoms with van der Waals surface area (Å²) in [5.74, 6) is -0.0603. The summed E-state index contributed by atoms with van der Waals surface area (Å²) in [6.45, 7) is 0.657. The summed E-state index contributed by atoms with van der Waals surface area (Å²) in [7, 11) is 1.52. The maximum Gasteiger partial charge on any atom is 0.246 e. The molecule has 0 saturated heterocycles. The van der Waals surface area contributed by atoms with E-state index < -0.39 is 0 Å². The topological polar surface area (TPSA) is 64.3 Å². The molecule has 1 amide bonds. The number of amides is 1. The van der Waals surface area contributed by atoms with E-state index in [1.54, 1.807) is 0 Å². The number of rotatable bonds is 4. The standard InChI is InChI=1S/C9H18N2O2/c1-13-6-8(12)11-9(7-10)4-2-3-5-9/h2-7,10H2,1H3,(H,11,12). The molecular formula is C9H18N2O2. The van der Waals surface area contributed by atoms with Gasteiger partial charge in [0.05, 0.1) is 5.54 Å². The molecule has 1 fully saturated rings. The zero-order chi connectivity index (χ0) is 9.73. The van der Waals surface area contributed by atoms with E-state index in [2.05, 4.69) is 5.32 Å². The highest BCUT2D eigenvalue weighted by molar-refractivity contribution is 5.78. The van der Waals surface area contributed by atoms with E-state index in [1.165, 1.54) is 7.11 Å². The fourth-order valence-corrected chi connectivity index (χ4v) is 1.89. The van der Waals surface area contributed by atoms with Crippen LogP contribution in [0.5, 0.6) is 0 Å². The molecule has 0 aromatic heterocycles. The number of methoxy groups -OCH3 is 1. The minimum Gasteiger partial charge on any atom is -0.375 e. The molecule has 1 aliphatic carbocycles. The quantitative estimate of drug-likeness (QED) is 0.650. The number of hydrogen-bond donors (Lipinski definition) is 2. The normalized spacial score (nSPS) is 20.2. The second-order valence-corrected chi connectivity index (χ2v) is 3.67. The molecular weight excluding hydrogens is 168 g/mol. The molecule has 0 heterocycles. The molecule has 76 valence electrons. The lowest BCUT2D eigenvalue weighted by Crippen LogP contribution is -2.52. The van der Waals surface area contributed by atoms with Gasteiger partial charge in [0.1, 0.15) is 6.61 Å². The Hall–Kier alpha value is -0.610. The lowest BCUT2D eigenvalue weighted by Gasteiger charge is -2.28. The van der Waals surface area contributed by atoms with Crippen LogP contribution < -0.4 is 11.1 Å². The van der Waals surface area contributed by atoms with E-state index in [0.717, 1.165) is 25.7 Å². The minimum absolute atomic E-state index is 0.0603. The van der Waals surface area contributed by atoms with Gasteiger partial charge in [-0.3, -0.25) is 4.79 Å². The molecule has 13 heavy (non-hydrogen) atoms. The van der Waals surface area contributed by atoms with Crippen LogP contribution in [0.25, 0.3) is 0 Å². The highest BCUT2D eigenvalue weighted by Gasteiger charge is 2.33. The number of carbonyl (C=O) groups excluding carboxylic acids is 1. The van der Waals surface area contributed by atoms with E-state index in [0.29, 0.717) is 6.54 Å². The van der Waals surface area contributed by atoms with Gasteiger partial charge in [-0.15, -0.1) is 0 Å². The van der Waals surface area contributed by atoms with Gasteiger partial charge < -0.3 is 15.8 Å². The average molecular weight is 186 g/mol. The van der Waals surface area contributed by atoms with Gasteiger partial charge in [0, 0.05) is 13.7 Å². The molecule has 0 aromatic carbocycles. The first-order chi connectivity index (χ1) is 6.22. The molecule has 0 aliphatic heterocycles. The Bertz CT molecular complexity index is 176. The van der Waals surface area contributed by atoms with Crippen LogP contribution in [-0.2, 0) is 9.53 Å². The summed E-state index contributed by atoms with van der Waals surface area (Å²) < 4.78 is 4.75. The third-order valence-electron chi connectivity index (χ3n) is 2.63. The van der Waals surface area contributed by atoms with Crippen LogP contribution in [0.15, 0.2) is 0 Å². The third kappa shape index (κ3) is 2.67. The first kappa shape index (κ1) is 10.5. The Morgan fingerprint density at radius 3 is 2.62 bits per heavy atom. The van der Waals surface area contributed by atoms with Gasteiger partial charge in [0.15, 0.2) is 0 Å². The first-order valence-corrected chi connectivity index (χ1v) is 4.72. The van der Waals surface area contributed by atoms with Crippen LogP contribution in [0.3, 0.4) is 0 Å². The van der Waals surface area contributed by atoms with Crippen molar-refractivity contribution in [3.05, 3.63) is 0 Å². The summed E-state index contributed by atoms with van der Waals surface area (Å²) in [6, 6.07) is 0. The molecule has 0 unspecified atom stereocenters. The second-order valence-electron chi connectivity index (χ2n) is 3.67. The summed E-state index contributed by atoms with van der Waals surface area (Å²) in [5.41, 5.74) is 5.51. The zero-order valence-electron chi connectivity index (χ0n) is 8.14. The van der Waals surface area contributed by atoms with E-state index in [1.807, 2.05) is 0 Å². The predicted octanol–water partition coefficient (Wildman–Crippen LogP) is 0.0205. The molecule has 0 aromatic rings. The number of nitrogens with two attached hydrogens (primary N) is 1. The molecule has 4 nitrogen and oxygen atoms in total. The summed E-state index contributed by atoms with van der Waals surface area (Å²) >= 11 is 0. The molecule has 1 saturated carbocycles. The van der Waals surface area contributed by atoms with Gasteiger partial charge in [-0.05, 0) is 12.8 Å². The van der Waals surface area contributed by atoms with Crippen molar-refractivity contribution in [1.29, 1.82) is 0 Å². The number of nitrogens with one attached hydrogen (secondary N) is 1. The number of ether oxygens (including phenoxy) is 1. The maximum atomic E-state index is 11.3. The molecule has 4 heteroatoms. The van der Waals surface area contributed by atoms with Crippen molar-refractivity contribution in [2.45, 2.75) is 31.2 Å². The van der Waals surface area contributed by atoms with Gasteiger partial charge in [0.25, 0.3) is 0 Å². The van der Waals surface area contributed by atoms with Crippen LogP contribution in [0.4, 0.5) is 0 Å². The van der Waals surface area contributed by atoms with Crippen LogP contribution in [-0.4, -0.2) is 31.7 Å². The minimum atomic E-state index is -0.143. The highest BCUT2D eigenvalue weighted by Crippen LogP contribution is 2.28. The van der Waals surface area contributed by atoms with Crippen molar-refractivity contribution in [1.82, 2.24) is 5.32 Å². The fraction of sp³-hybridized carbons (Fsp3) is 0.889. The molecule has 0 radical (unpaired) electrons. The fourth-order valence-electron chi connectivity index (χ4n) is 1.89. The first-order valence-electron chi connectivity index (χ1n) is 4.72. The summed E-state index contributed by atoms with van der Waals surface area (Å²) in [6.07, 6.45) is 4.31. The van der Waals surface area contributed by atoms with E-state index in [4.69, 9.17) is 10.5 Å². The van der Waals surface area contributed by atoms with E-state index >= 15 is 0 Å². The van der Waals surface area contributed by atoms with Crippen molar-refractivity contribution in [2.24, 2.45) is 5.73 Å². The van der Waals surface area contributed by atoms with Gasteiger partial charge in [-0.2, -0.15) is 0 Å². The van der Waals surface area contributed by atoms with Crippen LogP contribution in [0.1, 0.15) is 25.7 Å². The lowest BCUT2D eigenvalue weighted by atomic mass is 9.98. The van der Waals surface area contributed by atoms with Crippen molar-refractivity contribution in [3.63, 3.8) is 0 Å². The van der Waals surface area contributed by atoms with E-state index in [-0.39, 0.29) is 18.1 Å². The maximum absolute atomic E-state index is 11.3. The summed E-state index contributed by atoms with van der Waals surface area (Å²) in [5, 5.41) is 2.95. The Kier molecular flexibility index (Phi) is 3.69. The molecule has 0 atom stereocenters. The molecule has 0 spiro atoms. The summed E-state index contributed by atoms with van der Waals surface area (Å²) in [4.78, 5) is 11.3. The van der Waals surface area contributed by atoms with Crippen molar-refractivity contribution >= 4 is 5.91 Å². The van der Waals surface area contributed by atoms with E-state index in [9.17, 15) is 4.79 Å². The van der Waals surface area contributed by atoms with Crippen molar-refractivity contribution in [2.75, 3.05) is 20.3 Å². The monoisotopic (exact) mass is 186 g/mol. The van der Waals surface area contributed by atoms with Gasteiger partial charge in [0.2, 0.25) is 5.91 Å². The van der Waals surface area contributed by atoms with Gasteiger partial charge in [-0.25, -0.2) is 0 Å². The SMILES string of the molecule is COCC(=O)NC1(CN)CCCC1. The lowest BCUT2D eigenvalue weighted by molar-refractivity contribution is -0.126. The van der Waals surface area contributed by atoms with Crippen molar-refractivity contribution < 1.29 is 9.53 Å².